The average Bonchev–Trinajstić information content (AvgIpc) is 3.37. The third-order valence-corrected chi connectivity index (χ3v) is 6.18. The molecule has 9 heteroatoms. The third-order valence-electron chi connectivity index (χ3n) is 4.15. The summed E-state index contributed by atoms with van der Waals surface area (Å²) >= 11 is 0. The summed E-state index contributed by atoms with van der Waals surface area (Å²) in [5.41, 5.74) is 0.538. The van der Waals surface area contributed by atoms with Gasteiger partial charge in [-0.05, 0) is 44.2 Å². The molecule has 28 heavy (non-hydrogen) atoms. The van der Waals surface area contributed by atoms with E-state index in [4.69, 9.17) is 13.7 Å². The van der Waals surface area contributed by atoms with E-state index in [-0.39, 0.29) is 23.1 Å². The van der Waals surface area contributed by atoms with Crippen molar-refractivity contribution in [2.24, 2.45) is 0 Å². The summed E-state index contributed by atoms with van der Waals surface area (Å²) in [6, 6.07) is 10.6. The van der Waals surface area contributed by atoms with Gasteiger partial charge in [0, 0.05) is 19.2 Å². The van der Waals surface area contributed by atoms with Crippen LogP contribution in [0, 0.1) is 0 Å². The Hall–Kier alpha value is -2.91. The summed E-state index contributed by atoms with van der Waals surface area (Å²) in [7, 11) is -2.20. The molecule has 0 N–H and O–H groups in total. The van der Waals surface area contributed by atoms with Crippen LogP contribution in [0.5, 0.6) is 0 Å². The lowest BCUT2D eigenvalue weighted by Gasteiger charge is -2.21. The van der Waals surface area contributed by atoms with Crippen LogP contribution in [0.15, 0.2) is 62.6 Å². The molecule has 0 fully saturated rings. The Morgan fingerprint density at radius 3 is 2.64 bits per heavy atom. The Bertz CT molecular complexity index is 1050. The molecule has 1 aromatic carbocycles. The van der Waals surface area contributed by atoms with Gasteiger partial charge in [-0.1, -0.05) is 11.2 Å². The molecular weight excluding hydrogens is 384 g/mol. The van der Waals surface area contributed by atoms with Gasteiger partial charge in [-0.3, -0.25) is 0 Å². The first kappa shape index (κ1) is 19.8. The molecule has 0 spiro atoms. The predicted octanol–water partition coefficient (Wildman–Crippen LogP) is 3.32. The second kappa shape index (κ2) is 7.99. The second-order valence-corrected chi connectivity index (χ2v) is 8.38. The molecule has 0 aliphatic rings. The topological polar surface area (TPSA) is 103 Å². The molecule has 0 saturated carbocycles. The maximum Gasteiger partial charge on any atom is 0.338 e. The first-order valence-corrected chi connectivity index (χ1v) is 9.97. The summed E-state index contributed by atoms with van der Waals surface area (Å²) in [6.07, 6.45) is 1.51. The minimum absolute atomic E-state index is 0.0275. The van der Waals surface area contributed by atoms with Crippen molar-refractivity contribution in [3.8, 4) is 11.5 Å². The zero-order valence-corrected chi connectivity index (χ0v) is 16.5. The normalized spacial score (nSPS) is 11.9. The Kier molecular flexibility index (Phi) is 5.66. The van der Waals surface area contributed by atoms with Crippen molar-refractivity contribution < 1.29 is 26.9 Å². The first-order chi connectivity index (χ1) is 13.3. The Labute approximate surface area is 162 Å². The van der Waals surface area contributed by atoms with Gasteiger partial charge in [-0.25, -0.2) is 13.2 Å². The highest BCUT2D eigenvalue weighted by atomic mass is 32.2. The number of sulfonamides is 1. The van der Waals surface area contributed by atoms with E-state index < -0.39 is 16.0 Å². The van der Waals surface area contributed by atoms with Crippen LogP contribution < -0.4 is 0 Å². The molecule has 2 aromatic heterocycles. The summed E-state index contributed by atoms with van der Waals surface area (Å²) in [5.74, 6) is 0.268. The number of ether oxygens (including phenoxy) is 1. The minimum Gasteiger partial charge on any atom is -0.461 e. The van der Waals surface area contributed by atoms with E-state index >= 15 is 0 Å². The molecular formula is C19H20N2O6S. The van der Waals surface area contributed by atoms with Gasteiger partial charge in [0.2, 0.25) is 15.8 Å². The standard InChI is InChI=1S/C19H20N2O6S/c1-13(2)21(3)28(23,24)16-7-4-6-14(10-16)19(22)26-12-15-11-18(27-20-15)17-8-5-9-25-17/h4-11,13H,12H2,1-3H3. The van der Waals surface area contributed by atoms with E-state index in [0.29, 0.717) is 17.2 Å². The van der Waals surface area contributed by atoms with E-state index in [1.165, 1.54) is 41.9 Å². The molecule has 148 valence electrons. The summed E-state index contributed by atoms with van der Waals surface area (Å²) < 4.78 is 42.0. The summed E-state index contributed by atoms with van der Waals surface area (Å²) in [4.78, 5) is 12.4. The number of hydrogen-bond donors (Lipinski definition) is 0. The van der Waals surface area contributed by atoms with Crippen LogP contribution in [-0.2, 0) is 21.4 Å². The van der Waals surface area contributed by atoms with Gasteiger partial charge >= 0.3 is 5.97 Å². The molecule has 8 nitrogen and oxygen atoms in total. The smallest absolute Gasteiger partial charge is 0.338 e. The predicted molar refractivity (Wildman–Crippen MR) is 99.9 cm³/mol. The van der Waals surface area contributed by atoms with Crippen LogP contribution in [0.2, 0.25) is 0 Å². The molecule has 0 bridgehead atoms. The zero-order chi connectivity index (χ0) is 20.3. The van der Waals surface area contributed by atoms with Gasteiger partial charge in [0.25, 0.3) is 0 Å². The maximum atomic E-state index is 12.6. The van der Waals surface area contributed by atoms with Crippen LogP contribution >= 0.6 is 0 Å². The van der Waals surface area contributed by atoms with Crippen molar-refractivity contribution >= 4 is 16.0 Å². The number of furan rings is 1. The van der Waals surface area contributed by atoms with E-state index in [9.17, 15) is 13.2 Å². The Balaban J connectivity index is 1.70. The Morgan fingerprint density at radius 1 is 1.18 bits per heavy atom. The van der Waals surface area contributed by atoms with Crippen LogP contribution in [0.3, 0.4) is 0 Å². The molecule has 3 aromatic rings. The van der Waals surface area contributed by atoms with Crippen LogP contribution in [0.25, 0.3) is 11.5 Å². The van der Waals surface area contributed by atoms with Crippen molar-refractivity contribution in [1.82, 2.24) is 9.46 Å². The highest BCUT2D eigenvalue weighted by Gasteiger charge is 2.24. The molecule has 0 atom stereocenters. The summed E-state index contributed by atoms with van der Waals surface area (Å²) in [6.45, 7) is 3.42. The fourth-order valence-corrected chi connectivity index (χ4v) is 3.78. The van der Waals surface area contributed by atoms with E-state index in [0.717, 1.165) is 0 Å². The van der Waals surface area contributed by atoms with Crippen LogP contribution in [0.4, 0.5) is 0 Å². The minimum atomic E-state index is -3.70. The fraction of sp³-hybridized carbons (Fsp3) is 0.263. The second-order valence-electron chi connectivity index (χ2n) is 6.38. The van der Waals surface area contributed by atoms with Crippen molar-refractivity contribution in [3.05, 3.63) is 60.0 Å². The lowest BCUT2D eigenvalue weighted by atomic mass is 10.2. The molecule has 0 amide bonds. The Morgan fingerprint density at radius 2 is 1.96 bits per heavy atom. The molecule has 0 saturated heterocycles. The number of benzene rings is 1. The first-order valence-electron chi connectivity index (χ1n) is 8.53. The van der Waals surface area contributed by atoms with E-state index in [1.54, 1.807) is 32.0 Å². The van der Waals surface area contributed by atoms with Gasteiger partial charge in [-0.15, -0.1) is 0 Å². The number of esters is 1. The molecule has 0 unspecified atom stereocenters. The molecule has 2 heterocycles. The molecule has 0 radical (unpaired) electrons. The van der Waals surface area contributed by atoms with Gasteiger partial charge in [0.1, 0.15) is 12.3 Å². The van der Waals surface area contributed by atoms with E-state index in [2.05, 4.69) is 5.16 Å². The molecule has 0 aliphatic heterocycles. The van der Waals surface area contributed by atoms with Gasteiger partial charge in [0.15, 0.2) is 5.76 Å². The number of nitrogens with zero attached hydrogens (tertiary/aromatic N) is 2. The van der Waals surface area contributed by atoms with Crippen molar-refractivity contribution in [1.29, 1.82) is 0 Å². The van der Waals surface area contributed by atoms with Crippen molar-refractivity contribution in [2.75, 3.05) is 7.05 Å². The fourth-order valence-electron chi connectivity index (χ4n) is 2.36. The molecule has 0 aliphatic carbocycles. The lowest BCUT2D eigenvalue weighted by molar-refractivity contribution is 0.0464. The van der Waals surface area contributed by atoms with E-state index in [1.807, 2.05) is 0 Å². The average molecular weight is 404 g/mol. The number of carbonyl (C=O) groups excluding carboxylic acids is 1. The van der Waals surface area contributed by atoms with Gasteiger partial charge in [0.05, 0.1) is 16.7 Å². The van der Waals surface area contributed by atoms with Gasteiger partial charge < -0.3 is 13.7 Å². The van der Waals surface area contributed by atoms with Crippen LogP contribution in [-0.4, -0.2) is 36.9 Å². The zero-order valence-electron chi connectivity index (χ0n) is 15.7. The quantitative estimate of drug-likeness (QED) is 0.557. The number of carbonyl (C=O) groups is 1. The molecule has 3 rings (SSSR count). The lowest BCUT2D eigenvalue weighted by Crippen LogP contribution is -2.33. The highest BCUT2D eigenvalue weighted by molar-refractivity contribution is 7.89. The van der Waals surface area contributed by atoms with Gasteiger partial charge in [-0.2, -0.15) is 4.31 Å². The number of rotatable bonds is 7. The van der Waals surface area contributed by atoms with Crippen molar-refractivity contribution in [2.45, 2.75) is 31.4 Å². The number of hydrogen-bond acceptors (Lipinski definition) is 7. The largest absolute Gasteiger partial charge is 0.461 e. The monoisotopic (exact) mass is 404 g/mol. The summed E-state index contributed by atoms with van der Waals surface area (Å²) in [5, 5.41) is 3.82. The number of aromatic nitrogens is 1. The van der Waals surface area contributed by atoms with Crippen molar-refractivity contribution in [3.63, 3.8) is 0 Å². The van der Waals surface area contributed by atoms with Crippen LogP contribution in [0.1, 0.15) is 29.9 Å². The SMILES string of the molecule is CC(C)N(C)S(=O)(=O)c1cccc(C(=O)OCc2cc(-c3ccco3)on2)c1. The maximum absolute atomic E-state index is 12.6. The highest BCUT2D eigenvalue weighted by Crippen LogP contribution is 2.22. The third kappa shape index (κ3) is 4.15.